The number of rotatable bonds is 9. The fraction of sp³-hybridized carbons (Fsp3) is 0.375. The summed E-state index contributed by atoms with van der Waals surface area (Å²) < 4.78 is 37.4. The van der Waals surface area contributed by atoms with Crippen LogP contribution in [-0.4, -0.2) is 15.0 Å². The molecule has 1 aromatic carbocycles. The summed E-state index contributed by atoms with van der Waals surface area (Å²) in [6.45, 7) is 2.91. The lowest BCUT2D eigenvalue weighted by atomic mass is 10.3. The van der Waals surface area contributed by atoms with E-state index in [0.717, 1.165) is 19.3 Å². The largest absolute Gasteiger partial charge is 0.494 e. The Balaban J connectivity index is 1.90. The van der Waals surface area contributed by atoms with E-state index in [0.29, 0.717) is 18.1 Å². The predicted octanol–water partition coefficient (Wildman–Crippen LogP) is 3.33. The summed E-state index contributed by atoms with van der Waals surface area (Å²) in [5.74, 6) is 1.25. The highest BCUT2D eigenvalue weighted by molar-refractivity contribution is 7.89. The van der Waals surface area contributed by atoms with Crippen molar-refractivity contribution in [3.8, 4) is 5.75 Å². The highest BCUT2D eigenvalue weighted by atomic mass is 32.2. The molecule has 1 aromatic heterocycles. The van der Waals surface area contributed by atoms with Crippen molar-refractivity contribution < 1.29 is 17.6 Å². The number of unbranched alkanes of at least 4 members (excludes halogenated alkanes) is 2. The van der Waals surface area contributed by atoms with Gasteiger partial charge in [0, 0.05) is 0 Å². The molecule has 0 amide bonds. The second-order valence-corrected chi connectivity index (χ2v) is 6.70. The van der Waals surface area contributed by atoms with E-state index in [-0.39, 0.29) is 11.4 Å². The van der Waals surface area contributed by atoms with E-state index in [4.69, 9.17) is 9.15 Å². The van der Waals surface area contributed by atoms with Crippen molar-refractivity contribution >= 4 is 10.0 Å². The smallest absolute Gasteiger partial charge is 0.240 e. The molecule has 0 bridgehead atoms. The van der Waals surface area contributed by atoms with Gasteiger partial charge in [-0.3, -0.25) is 0 Å². The van der Waals surface area contributed by atoms with Gasteiger partial charge in [-0.25, -0.2) is 13.1 Å². The van der Waals surface area contributed by atoms with Gasteiger partial charge in [-0.1, -0.05) is 19.8 Å². The molecule has 2 aromatic rings. The Hall–Kier alpha value is -1.79. The Morgan fingerprint density at radius 2 is 1.91 bits per heavy atom. The summed E-state index contributed by atoms with van der Waals surface area (Å²) >= 11 is 0. The van der Waals surface area contributed by atoms with Crippen molar-refractivity contribution in [2.75, 3.05) is 6.61 Å². The lowest BCUT2D eigenvalue weighted by molar-refractivity contribution is 0.306. The second-order valence-electron chi connectivity index (χ2n) is 4.93. The van der Waals surface area contributed by atoms with Crippen LogP contribution < -0.4 is 9.46 Å². The third-order valence-electron chi connectivity index (χ3n) is 3.17. The maximum atomic E-state index is 12.1. The first-order valence-corrected chi connectivity index (χ1v) is 8.85. The van der Waals surface area contributed by atoms with E-state index >= 15 is 0 Å². The van der Waals surface area contributed by atoms with E-state index in [1.54, 1.807) is 36.4 Å². The topological polar surface area (TPSA) is 68.5 Å². The average molecular weight is 323 g/mol. The van der Waals surface area contributed by atoms with Crippen molar-refractivity contribution in [3.05, 3.63) is 48.4 Å². The number of nitrogens with one attached hydrogen (secondary N) is 1. The number of sulfonamides is 1. The summed E-state index contributed by atoms with van der Waals surface area (Å²) in [7, 11) is -3.55. The molecule has 0 aliphatic heterocycles. The quantitative estimate of drug-likeness (QED) is 0.719. The van der Waals surface area contributed by atoms with Crippen LogP contribution in [0.1, 0.15) is 31.9 Å². The number of furan rings is 1. The first-order valence-electron chi connectivity index (χ1n) is 7.37. The normalized spacial score (nSPS) is 11.5. The highest BCUT2D eigenvalue weighted by Gasteiger charge is 2.14. The molecule has 0 spiro atoms. The van der Waals surface area contributed by atoms with Gasteiger partial charge in [0.1, 0.15) is 11.5 Å². The fourth-order valence-corrected chi connectivity index (χ4v) is 2.91. The minimum atomic E-state index is -3.55. The van der Waals surface area contributed by atoms with E-state index < -0.39 is 10.0 Å². The van der Waals surface area contributed by atoms with Crippen LogP contribution in [0.3, 0.4) is 0 Å². The van der Waals surface area contributed by atoms with Gasteiger partial charge in [0.25, 0.3) is 0 Å². The Labute approximate surface area is 131 Å². The zero-order valence-corrected chi connectivity index (χ0v) is 13.4. The monoisotopic (exact) mass is 323 g/mol. The number of hydrogen-bond acceptors (Lipinski definition) is 4. The van der Waals surface area contributed by atoms with Crippen molar-refractivity contribution in [3.63, 3.8) is 0 Å². The summed E-state index contributed by atoms with van der Waals surface area (Å²) in [5, 5.41) is 0. The second kappa shape index (κ2) is 8.00. The third-order valence-corrected chi connectivity index (χ3v) is 4.58. The standard InChI is InChI=1S/C16H21NO4S/c1-2-3-4-11-20-14-7-9-16(10-8-14)22(18,19)17-13-15-6-5-12-21-15/h5-10,12,17H,2-4,11,13H2,1H3. The van der Waals surface area contributed by atoms with Gasteiger partial charge in [-0.15, -0.1) is 0 Å². The van der Waals surface area contributed by atoms with Crippen LogP contribution in [0.2, 0.25) is 0 Å². The van der Waals surface area contributed by atoms with Crippen molar-refractivity contribution in [1.29, 1.82) is 0 Å². The lowest BCUT2D eigenvalue weighted by Gasteiger charge is -2.08. The molecule has 1 N–H and O–H groups in total. The molecular weight excluding hydrogens is 302 g/mol. The van der Waals surface area contributed by atoms with E-state index in [1.807, 2.05) is 0 Å². The maximum Gasteiger partial charge on any atom is 0.240 e. The van der Waals surface area contributed by atoms with Crippen molar-refractivity contribution in [1.82, 2.24) is 4.72 Å². The van der Waals surface area contributed by atoms with Crippen LogP contribution in [0.25, 0.3) is 0 Å². The molecule has 0 atom stereocenters. The molecule has 0 unspecified atom stereocenters. The summed E-state index contributed by atoms with van der Waals surface area (Å²) in [6.07, 6.45) is 4.78. The third kappa shape index (κ3) is 4.89. The fourth-order valence-electron chi connectivity index (χ4n) is 1.92. The number of hydrogen-bond donors (Lipinski definition) is 1. The molecule has 120 valence electrons. The van der Waals surface area contributed by atoms with Gasteiger partial charge in [0.2, 0.25) is 10.0 Å². The highest BCUT2D eigenvalue weighted by Crippen LogP contribution is 2.16. The van der Waals surface area contributed by atoms with Crippen molar-refractivity contribution in [2.45, 2.75) is 37.6 Å². The minimum Gasteiger partial charge on any atom is -0.494 e. The average Bonchev–Trinajstić information content (AvgIpc) is 3.04. The Bertz CT molecular complexity index is 648. The Morgan fingerprint density at radius 3 is 2.55 bits per heavy atom. The molecule has 6 heteroatoms. The van der Waals surface area contributed by atoms with Gasteiger partial charge >= 0.3 is 0 Å². The van der Waals surface area contributed by atoms with Gasteiger partial charge in [-0.05, 0) is 42.8 Å². The van der Waals surface area contributed by atoms with Gasteiger partial charge < -0.3 is 9.15 Å². The van der Waals surface area contributed by atoms with Crippen LogP contribution in [0.5, 0.6) is 5.75 Å². The first-order chi connectivity index (χ1) is 10.6. The number of benzene rings is 1. The summed E-state index contributed by atoms with van der Waals surface area (Å²) in [6, 6.07) is 9.87. The molecule has 0 aliphatic carbocycles. The van der Waals surface area contributed by atoms with Crippen LogP contribution in [0.15, 0.2) is 52.0 Å². The molecule has 0 fully saturated rings. The molecule has 1 heterocycles. The lowest BCUT2D eigenvalue weighted by Crippen LogP contribution is -2.22. The predicted molar refractivity (Wildman–Crippen MR) is 84.2 cm³/mol. The Morgan fingerprint density at radius 1 is 1.14 bits per heavy atom. The van der Waals surface area contributed by atoms with Gasteiger partial charge in [0.05, 0.1) is 24.3 Å². The van der Waals surface area contributed by atoms with E-state index in [1.165, 1.54) is 6.26 Å². The van der Waals surface area contributed by atoms with Gasteiger partial charge in [-0.2, -0.15) is 0 Å². The minimum absolute atomic E-state index is 0.130. The number of ether oxygens (including phenoxy) is 1. The van der Waals surface area contributed by atoms with Crippen LogP contribution in [-0.2, 0) is 16.6 Å². The summed E-state index contributed by atoms with van der Waals surface area (Å²) in [5.41, 5.74) is 0. The van der Waals surface area contributed by atoms with Crippen molar-refractivity contribution in [2.24, 2.45) is 0 Å². The maximum absolute atomic E-state index is 12.1. The zero-order valence-electron chi connectivity index (χ0n) is 12.6. The zero-order chi connectivity index (χ0) is 15.8. The molecule has 2 rings (SSSR count). The SMILES string of the molecule is CCCCCOc1ccc(S(=O)(=O)NCc2ccco2)cc1. The molecule has 0 saturated heterocycles. The molecule has 0 radical (unpaired) electrons. The van der Waals surface area contributed by atoms with E-state index in [2.05, 4.69) is 11.6 Å². The molecule has 0 saturated carbocycles. The molecule has 5 nitrogen and oxygen atoms in total. The van der Waals surface area contributed by atoms with E-state index in [9.17, 15) is 8.42 Å². The first kappa shape index (κ1) is 16.6. The van der Waals surface area contributed by atoms with Crippen LogP contribution >= 0.6 is 0 Å². The molecule has 22 heavy (non-hydrogen) atoms. The Kier molecular flexibility index (Phi) is 6.03. The molecular formula is C16H21NO4S. The molecule has 0 aliphatic rings. The van der Waals surface area contributed by atoms with Crippen LogP contribution in [0.4, 0.5) is 0 Å². The summed E-state index contributed by atoms with van der Waals surface area (Å²) in [4.78, 5) is 0.208. The van der Waals surface area contributed by atoms with Crippen LogP contribution in [0, 0.1) is 0 Å². The van der Waals surface area contributed by atoms with Gasteiger partial charge in [0.15, 0.2) is 0 Å².